The van der Waals surface area contributed by atoms with Gasteiger partial charge in [0.05, 0.1) is 23.4 Å². The van der Waals surface area contributed by atoms with Crippen molar-refractivity contribution < 1.29 is 17.6 Å². The van der Waals surface area contributed by atoms with Crippen LogP contribution in [0.5, 0.6) is 0 Å². The number of benzene rings is 3. The third-order valence-electron chi connectivity index (χ3n) is 4.70. The van der Waals surface area contributed by atoms with Gasteiger partial charge in [0.25, 0.3) is 15.9 Å². The van der Waals surface area contributed by atoms with E-state index in [-0.39, 0.29) is 22.0 Å². The molecule has 7 nitrogen and oxygen atoms in total. The van der Waals surface area contributed by atoms with E-state index in [0.717, 1.165) is 0 Å². The lowest BCUT2D eigenvalue weighted by Gasteiger charge is -2.16. The Labute approximate surface area is 196 Å². The molecule has 4 aromatic rings. The van der Waals surface area contributed by atoms with Gasteiger partial charge in [-0.15, -0.1) is 0 Å². The SMILES string of the molecule is O=C(Nc1ccccc1)c1cc(S(=O)(=O)Nc2ccccc2)c(Cl)cc1NCc1ccco1. The molecule has 1 heterocycles. The lowest BCUT2D eigenvalue weighted by molar-refractivity contribution is 0.102. The summed E-state index contributed by atoms with van der Waals surface area (Å²) >= 11 is 6.36. The molecule has 0 saturated carbocycles. The molecule has 0 radical (unpaired) electrons. The number of rotatable bonds is 8. The fraction of sp³-hybridized carbons (Fsp3) is 0.0417. The van der Waals surface area contributed by atoms with E-state index in [1.807, 2.05) is 6.07 Å². The van der Waals surface area contributed by atoms with Gasteiger partial charge in [0, 0.05) is 17.1 Å². The van der Waals surface area contributed by atoms with E-state index < -0.39 is 15.9 Å². The molecule has 1 amide bonds. The molecule has 4 rings (SSSR count). The van der Waals surface area contributed by atoms with Gasteiger partial charge in [-0.25, -0.2) is 8.42 Å². The highest BCUT2D eigenvalue weighted by molar-refractivity contribution is 7.92. The zero-order valence-corrected chi connectivity index (χ0v) is 18.9. The van der Waals surface area contributed by atoms with Crippen molar-refractivity contribution in [2.45, 2.75) is 11.4 Å². The highest BCUT2D eigenvalue weighted by Gasteiger charge is 2.23. The van der Waals surface area contributed by atoms with Crippen LogP contribution in [0.15, 0.2) is 101 Å². The van der Waals surface area contributed by atoms with Gasteiger partial charge < -0.3 is 15.1 Å². The average Bonchev–Trinajstić information content (AvgIpc) is 3.32. The molecule has 0 unspecified atom stereocenters. The largest absolute Gasteiger partial charge is 0.467 e. The molecule has 168 valence electrons. The first kappa shape index (κ1) is 22.4. The minimum absolute atomic E-state index is 0.0309. The number of carbonyl (C=O) groups excluding carboxylic acids is 1. The van der Waals surface area contributed by atoms with E-state index in [2.05, 4.69) is 15.4 Å². The number of amides is 1. The van der Waals surface area contributed by atoms with E-state index in [1.54, 1.807) is 66.7 Å². The monoisotopic (exact) mass is 481 g/mol. The van der Waals surface area contributed by atoms with Gasteiger partial charge in [-0.1, -0.05) is 48.0 Å². The maximum Gasteiger partial charge on any atom is 0.263 e. The van der Waals surface area contributed by atoms with Gasteiger partial charge in [0.1, 0.15) is 10.7 Å². The normalized spacial score (nSPS) is 11.1. The van der Waals surface area contributed by atoms with E-state index in [0.29, 0.717) is 22.8 Å². The van der Waals surface area contributed by atoms with Crippen molar-refractivity contribution >= 4 is 44.6 Å². The van der Waals surface area contributed by atoms with Crippen LogP contribution in [0.4, 0.5) is 17.1 Å². The first-order valence-electron chi connectivity index (χ1n) is 9.96. The Kier molecular flexibility index (Phi) is 6.67. The Morgan fingerprint density at radius 1 is 0.879 bits per heavy atom. The molecule has 3 aromatic carbocycles. The van der Waals surface area contributed by atoms with Crippen LogP contribution >= 0.6 is 11.6 Å². The van der Waals surface area contributed by atoms with Crippen LogP contribution in [0.1, 0.15) is 16.1 Å². The highest BCUT2D eigenvalue weighted by atomic mass is 35.5. The van der Waals surface area contributed by atoms with Gasteiger partial charge >= 0.3 is 0 Å². The van der Waals surface area contributed by atoms with Crippen molar-refractivity contribution in [2.24, 2.45) is 0 Å². The van der Waals surface area contributed by atoms with Crippen LogP contribution in [-0.2, 0) is 16.6 Å². The number of nitrogens with one attached hydrogen (secondary N) is 3. The lowest BCUT2D eigenvalue weighted by atomic mass is 10.1. The smallest absolute Gasteiger partial charge is 0.263 e. The second kappa shape index (κ2) is 9.81. The number of carbonyl (C=O) groups is 1. The first-order valence-corrected chi connectivity index (χ1v) is 11.8. The Bertz CT molecular complexity index is 1340. The summed E-state index contributed by atoms with van der Waals surface area (Å²) in [4.78, 5) is 12.9. The van der Waals surface area contributed by atoms with Crippen LogP contribution in [0.25, 0.3) is 0 Å². The molecule has 0 aliphatic carbocycles. The summed E-state index contributed by atoms with van der Waals surface area (Å²) in [5, 5.41) is 5.85. The molecular formula is C24H20ClN3O4S. The summed E-state index contributed by atoms with van der Waals surface area (Å²) in [6, 6.07) is 23.5. The maximum absolute atomic E-state index is 13.1. The van der Waals surface area contributed by atoms with Gasteiger partial charge in [-0.2, -0.15) is 0 Å². The number of hydrogen-bond donors (Lipinski definition) is 3. The van der Waals surface area contributed by atoms with Gasteiger partial charge in [-0.05, 0) is 48.5 Å². The molecule has 0 aliphatic heterocycles. The summed E-state index contributed by atoms with van der Waals surface area (Å²) < 4.78 is 33.9. The zero-order valence-electron chi connectivity index (χ0n) is 17.3. The van der Waals surface area contributed by atoms with E-state index >= 15 is 0 Å². The van der Waals surface area contributed by atoms with E-state index in [1.165, 1.54) is 18.4 Å². The molecule has 0 aliphatic rings. The zero-order chi connectivity index (χ0) is 23.3. The number of para-hydroxylation sites is 2. The van der Waals surface area contributed by atoms with Crippen LogP contribution in [-0.4, -0.2) is 14.3 Å². The number of anilines is 3. The van der Waals surface area contributed by atoms with Crippen molar-refractivity contribution in [1.82, 2.24) is 0 Å². The van der Waals surface area contributed by atoms with Gasteiger partial charge in [-0.3, -0.25) is 9.52 Å². The lowest BCUT2D eigenvalue weighted by Crippen LogP contribution is -2.18. The summed E-state index contributed by atoms with van der Waals surface area (Å²) in [5.41, 5.74) is 1.43. The molecule has 0 saturated heterocycles. The van der Waals surface area contributed by atoms with E-state index in [4.69, 9.17) is 16.0 Å². The molecule has 0 bridgehead atoms. The number of sulfonamides is 1. The standard InChI is InChI=1S/C24H20ClN3O4S/c25-21-15-22(26-16-19-12-7-13-32-19)20(24(29)27-17-8-3-1-4-9-17)14-23(21)33(30,31)28-18-10-5-2-6-11-18/h1-15,26,28H,16H2,(H,27,29). The Morgan fingerprint density at radius 2 is 1.55 bits per heavy atom. The Hall–Kier alpha value is -3.75. The van der Waals surface area contributed by atoms with Crippen LogP contribution in [0, 0.1) is 0 Å². The fourth-order valence-corrected chi connectivity index (χ4v) is 4.74. The average molecular weight is 482 g/mol. The molecule has 0 atom stereocenters. The molecule has 0 spiro atoms. The van der Waals surface area contributed by atoms with Crippen LogP contribution in [0.2, 0.25) is 5.02 Å². The van der Waals surface area contributed by atoms with Crippen molar-refractivity contribution in [1.29, 1.82) is 0 Å². The molecule has 3 N–H and O–H groups in total. The summed E-state index contributed by atoms with van der Waals surface area (Å²) in [7, 11) is -4.06. The second-order valence-corrected chi connectivity index (χ2v) is 9.11. The summed E-state index contributed by atoms with van der Waals surface area (Å²) in [6.45, 7) is 0.281. The van der Waals surface area contributed by atoms with Crippen LogP contribution in [0.3, 0.4) is 0 Å². The minimum Gasteiger partial charge on any atom is -0.467 e. The third kappa shape index (κ3) is 5.54. The predicted octanol–water partition coefficient (Wildman–Crippen LogP) is 5.60. The summed E-state index contributed by atoms with van der Waals surface area (Å²) in [5.74, 6) is 0.152. The number of hydrogen-bond acceptors (Lipinski definition) is 5. The van der Waals surface area contributed by atoms with Crippen molar-refractivity contribution in [3.8, 4) is 0 Å². The van der Waals surface area contributed by atoms with Crippen molar-refractivity contribution in [3.05, 3.63) is 108 Å². The van der Waals surface area contributed by atoms with E-state index in [9.17, 15) is 13.2 Å². The van der Waals surface area contributed by atoms with Crippen LogP contribution < -0.4 is 15.4 Å². The highest BCUT2D eigenvalue weighted by Crippen LogP contribution is 2.31. The van der Waals surface area contributed by atoms with Gasteiger partial charge in [0.2, 0.25) is 0 Å². The minimum atomic E-state index is -4.06. The van der Waals surface area contributed by atoms with Crippen molar-refractivity contribution in [3.63, 3.8) is 0 Å². The Balaban J connectivity index is 1.70. The topological polar surface area (TPSA) is 100 Å². The molecule has 9 heteroatoms. The molecular weight excluding hydrogens is 462 g/mol. The third-order valence-corrected chi connectivity index (χ3v) is 6.54. The quantitative estimate of drug-likeness (QED) is 0.304. The molecule has 0 fully saturated rings. The maximum atomic E-state index is 13.1. The summed E-state index contributed by atoms with van der Waals surface area (Å²) in [6.07, 6.45) is 1.54. The molecule has 33 heavy (non-hydrogen) atoms. The Morgan fingerprint density at radius 3 is 2.18 bits per heavy atom. The van der Waals surface area contributed by atoms with Gasteiger partial charge in [0.15, 0.2) is 0 Å². The number of furan rings is 1. The predicted molar refractivity (Wildman–Crippen MR) is 129 cm³/mol. The molecule has 1 aromatic heterocycles. The second-order valence-electron chi connectivity index (χ2n) is 7.05. The van der Waals surface area contributed by atoms with Crippen molar-refractivity contribution in [2.75, 3.05) is 15.4 Å². The fourth-order valence-electron chi connectivity index (χ4n) is 3.13. The first-order chi connectivity index (χ1) is 15.9. The number of halogens is 1.